The van der Waals surface area contributed by atoms with E-state index >= 15 is 0 Å². The first kappa shape index (κ1) is 12.6. The van der Waals surface area contributed by atoms with Crippen molar-refractivity contribution < 1.29 is 31.9 Å². The minimum atomic E-state index is 0. The summed E-state index contributed by atoms with van der Waals surface area (Å²) in [6, 6.07) is 8.30. The summed E-state index contributed by atoms with van der Waals surface area (Å²) in [5.41, 5.74) is 3.61. The average molecular weight is 242 g/mol. The van der Waals surface area contributed by atoms with Crippen molar-refractivity contribution in [2.24, 2.45) is 0 Å². The van der Waals surface area contributed by atoms with E-state index in [2.05, 4.69) is 31.2 Å². The number of benzene rings is 1. The zero-order valence-electron chi connectivity index (χ0n) is 7.33. The summed E-state index contributed by atoms with van der Waals surface area (Å²) in [6.07, 6.45) is 6.22. The molecule has 0 saturated heterocycles. The first-order valence-corrected chi connectivity index (χ1v) is 3.67. The van der Waals surface area contributed by atoms with Crippen LogP contribution < -0.4 is 12.4 Å². The number of rotatable bonds is 0. The second kappa shape index (κ2) is 5.37. The van der Waals surface area contributed by atoms with Gasteiger partial charge in [-0.15, -0.1) is 0 Å². The van der Waals surface area contributed by atoms with Crippen molar-refractivity contribution in [3.8, 4) is 0 Å². The molecule has 1 aliphatic carbocycles. The van der Waals surface area contributed by atoms with Crippen LogP contribution in [0.2, 0.25) is 0 Å². The topological polar surface area (TPSA) is 0 Å². The minimum Gasteiger partial charge on any atom is -1.00 e. The predicted octanol–water partition coefficient (Wildman–Crippen LogP) is -0.177. The monoisotopic (exact) mass is 240 g/mol. The molecule has 2 heteroatoms. The summed E-state index contributed by atoms with van der Waals surface area (Å²) >= 11 is 0. The third-order valence-corrected chi connectivity index (χ3v) is 1.81. The minimum absolute atomic E-state index is 0. The number of fused-ring (bicyclic) bond motifs is 1. The molecular weight excluding hydrogens is 233 g/mol. The van der Waals surface area contributed by atoms with Crippen molar-refractivity contribution in [3.05, 3.63) is 60.0 Å². The van der Waals surface area contributed by atoms with Crippen molar-refractivity contribution in [2.45, 2.75) is 0 Å². The Morgan fingerprint density at radius 2 is 1.54 bits per heavy atom. The molecule has 13 heavy (non-hydrogen) atoms. The van der Waals surface area contributed by atoms with Crippen molar-refractivity contribution >= 4 is 6.08 Å². The largest absolute Gasteiger partial charge is 1.00 e. The van der Waals surface area contributed by atoms with Crippen LogP contribution in [0.5, 0.6) is 0 Å². The van der Waals surface area contributed by atoms with E-state index in [1.165, 1.54) is 11.1 Å². The van der Waals surface area contributed by atoms with Crippen LogP contribution in [0.4, 0.5) is 0 Å². The van der Waals surface area contributed by atoms with Gasteiger partial charge in [0.05, 0.1) is 0 Å². The van der Waals surface area contributed by atoms with E-state index in [1.807, 2.05) is 18.2 Å². The van der Waals surface area contributed by atoms with E-state index in [4.69, 9.17) is 0 Å². The summed E-state index contributed by atoms with van der Waals surface area (Å²) in [5.74, 6) is 0. The van der Waals surface area contributed by atoms with E-state index in [9.17, 15) is 0 Å². The smallest absolute Gasteiger partial charge is 0.0199 e. The van der Waals surface area contributed by atoms with Crippen molar-refractivity contribution in [2.75, 3.05) is 0 Å². The summed E-state index contributed by atoms with van der Waals surface area (Å²) in [5, 5.41) is 0. The molecule has 0 aliphatic heterocycles. The Balaban J connectivity index is 0.000000720. The Morgan fingerprint density at radius 1 is 0.923 bits per heavy atom. The molecule has 2 rings (SSSR count). The Labute approximate surface area is 97.9 Å². The second-order valence-electron chi connectivity index (χ2n) is 2.68. The molecule has 0 bridgehead atoms. The van der Waals surface area contributed by atoms with Gasteiger partial charge in [-0.1, -0.05) is 43.0 Å². The van der Waals surface area contributed by atoms with E-state index in [0.29, 0.717) is 0 Å². The first-order chi connectivity index (χ1) is 5.36. The number of hydrogen-bond donors (Lipinski definition) is 0. The molecule has 0 amide bonds. The molecule has 0 atom stereocenters. The van der Waals surface area contributed by atoms with Crippen LogP contribution in [0.1, 0.15) is 11.1 Å². The number of halogens is 1. The molecule has 0 nitrogen and oxygen atoms in total. The SMILES string of the molecule is C=C1[CH]c2ccccc2C=C1.[Cl-].[Zn]. The Morgan fingerprint density at radius 3 is 2.23 bits per heavy atom. The molecule has 1 aromatic carbocycles. The van der Waals surface area contributed by atoms with Gasteiger partial charge < -0.3 is 12.4 Å². The van der Waals surface area contributed by atoms with Crippen LogP contribution in [0.25, 0.3) is 6.08 Å². The molecule has 0 N–H and O–H groups in total. The van der Waals surface area contributed by atoms with Gasteiger partial charge in [-0.2, -0.15) is 0 Å². The van der Waals surface area contributed by atoms with E-state index < -0.39 is 0 Å². The second-order valence-corrected chi connectivity index (χ2v) is 2.68. The van der Waals surface area contributed by atoms with Crippen LogP contribution in [0, 0.1) is 6.42 Å². The molecule has 1 radical (unpaired) electrons. The molecule has 1 aromatic rings. The zero-order valence-corrected chi connectivity index (χ0v) is 11.1. The molecule has 63 valence electrons. The van der Waals surface area contributed by atoms with Crippen LogP contribution in [0.3, 0.4) is 0 Å². The van der Waals surface area contributed by atoms with Gasteiger partial charge >= 0.3 is 0 Å². The van der Waals surface area contributed by atoms with Gasteiger partial charge in [0, 0.05) is 25.9 Å². The van der Waals surface area contributed by atoms with Gasteiger partial charge in [0.2, 0.25) is 0 Å². The van der Waals surface area contributed by atoms with Gasteiger partial charge in [0.15, 0.2) is 0 Å². The van der Waals surface area contributed by atoms with E-state index in [-0.39, 0.29) is 31.9 Å². The normalized spacial score (nSPS) is 12.5. The fourth-order valence-electron chi connectivity index (χ4n) is 1.24. The Kier molecular flexibility index (Phi) is 5.21. The van der Waals surface area contributed by atoms with Crippen LogP contribution >= 0.6 is 0 Å². The Hall–Kier alpha value is -0.387. The maximum atomic E-state index is 3.87. The summed E-state index contributed by atoms with van der Waals surface area (Å²) in [7, 11) is 0. The maximum Gasteiger partial charge on any atom is 0.0199 e. The van der Waals surface area contributed by atoms with Gasteiger partial charge in [0.1, 0.15) is 0 Å². The van der Waals surface area contributed by atoms with Crippen LogP contribution in [-0.4, -0.2) is 0 Å². The van der Waals surface area contributed by atoms with E-state index in [0.717, 1.165) is 5.57 Å². The van der Waals surface area contributed by atoms with Crippen LogP contribution in [-0.2, 0) is 19.5 Å². The molecule has 0 saturated carbocycles. The van der Waals surface area contributed by atoms with Gasteiger partial charge in [0.25, 0.3) is 0 Å². The molecule has 0 aromatic heterocycles. The fourth-order valence-corrected chi connectivity index (χ4v) is 1.24. The van der Waals surface area contributed by atoms with E-state index in [1.54, 1.807) is 0 Å². The Bertz CT molecular complexity index is 329. The van der Waals surface area contributed by atoms with Crippen molar-refractivity contribution in [1.29, 1.82) is 0 Å². The fraction of sp³-hybridized carbons (Fsp3) is 0. The zero-order chi connectivity index (χ0) is 7.68. The predicted molar refractivity (Wildman–Crippen MR) is 48.0 cm³/mol. The standard InChI is InChI=1S/C11H9.ClH.Zn/c1-9-6-7-10-4-2-3-5-11(10)8-9;;/h2-8H,1H2;1H;/p-1. The summed E-state index contributed by atoms with van der Waals surface area (Å²) < 4.78 is 0. The summed E-state index contributed by atoms with van der Waals surface area (Å²) in [4.78, 5) is 0. The average Bonchev–Trinajstić information content (AvgIpc) is 2.04. The molecule has 1 aliphatic rings. The van der Waals surface area contributed by atoms with Gasteiger partial charge in [-0.3, -0.25) is 0 Å². The molecule has 0 fully saturated rings. The van der Waals surface area contributed by atoms with Gasteiger partial charge in [-0.05, 0) is 16.7 Å². The van der Waals surface area contributed by atoms with Crippen molar-refractivity contribution in [3.63, 3.8) is 0 Å². The summed E-state index contributed by atoms with van der Waals surface area (Å²) in [6.45, 7) is 3.87. The molecule has 0 unspecified atom stereocenters. The third-order valence-electron chi connectivity index (χ3n) is 1.81. The van der Waals surface area contributed by atoms with Crippen molar-refractivity contribution in [1.82, 2.24) is 0 Å². The quantitative estimate of drug-likeness (QED) is 0.554. The van der Waals surface area contributed by atoms with Crippen LogP contribution in [0.15, 0.2) is 42.5 Å². The molecule has 0 heterocycles. The first-order valence-electron chi connectivity index (χ1n) is 3.67. The molecular formula is C11H9ClZn-. The molecule has 0 spiro atoms. The van der Waals surface area contributed by atoms with Gasteiger partial charge in [-0.25, -0.2) is 0 Å². The maximum absolute atomic E-state index is 3.87. The third kappa shape index (κ3) is 2.79. The number of hydrogen-bond acceptors (Lipinski definition) is 0. The number of allylic oxidation sites excluding steroid dienone is 2.